The smallest absolute Gasteiger partial charge is 0.407 e. The predicted octanol–water partition coefficient (Wildman–Crippen LogP) is 2.18. The molecule has 0 heterocycles. The molecular weight excluding hydrogens is 220 g/mol. The van der Waals surface area contributed by atoms with Crippen molar-refractivity contribution in [3.05, 3.63) is 0 Å². The summed E-state index contributed by atoms with van der Waals surface area (Å²) in [5, 5.41) is 2.74. The molecule has 0 aliphatic rings. The van der Waals surface area contributed by atoms with Crippen LogP contribution >= 0.6 is 0 Å². The Hall–Kier alpha value is -0.553. The summed E-state index contributed by atoms with van der Waals surface area (Å²) >= 11 is 0. The largest absolute Gasteiger partial charge is 0.450 e. The second kappa shape index (κ2) is 8.58. The summed E-state index contributed by atoms with van der Waals surface area (Å²) < 4.78 is 5.08. The molecule has 0 aliphatic heterocycles. The van der Waals surface area contributed by atoms with Crippen molar-refractivity contribution in [3.63, 3.8) is 0 Å². The Kier molecular flexibility index (Phi) is 8.29. The molecule has 0 saturated heterocycles. The number of unbranched alkanes of at least 4 members (excludes halogenated alkanes) is 2. The van der Waals surface area contributed by atoms with Gasteiger partial charge in [-0.2, -0.15) is 0 Å². The van der Waals surface area contributed by atoms with Crippen molar-refractivity contribution in [3.8, 4) is 0 Å². The van der Waals surface area contributed by atoms with Gasteiger partial charge in [0.1, 0.15) is 0 Å². The maximum Gasteiger partial charge on any atom is 0.407 e. The zero-order valence-corrected chi connectivity index (χ0v) is 11.8. The lowest BCUT2D eigenvalue weighted by molar-refractivity contribution is 0.151. The number of rotatable bonds is 8. The zero-order valence-electron chi connectivity index (χ0n) is 10.8. The number of ether oxygens (including phenoxy) is 1. The average molecular weight is 246 g/mol. The Morgan fingerprint density at radius 1 is 1.25 bits per heavy atom. The van der Waals surface area contributed by atoms with Crippen LogP contribution in [0.2, 0.25) is 25.7 Å². The van der Waals surface area contributed by atoms with E-state index in [1.807, 2.05) is 0 Å². The van der Waals surface area contributed by atoms with Gasteiger partial charge < -0.3 is 15.8 Å². The van der Waals surface area contributed by atoms with Gasteiger partial charge in [0.25, 0.3) is 0 Å². The van der Waals surface area contributed by atoms with Gasteiger partial charge in [-0.05, 0) is 25.4 Å². The molecule has 0 saturated carbocycles. The van der Waals surface area contributed by atoms with Crippen molar-refractivity contribution in [2.75, 3.05) is 19.7 Å². The van der Waals surface area contributed by atoms with Gasteiger partial charge in [-0.25, -0.2) is 4.79 Å². The fourth-order valence-corrected chi connectivity index (χ4v) is 1.85. The minimum Gasteiger partial charge on any atom is -0.450 e. The predicted molar refractivity (Wildman–Crippen MR) is 70.4 cm³/mol. The van der Waals surface area contributed by atoms with Crippen LogP contribution in [0.1, 0.15) is 19.3 Å². The van der Waals surface area contributed by atoms with Gasteiger partial charge in [0.05, 0.1) is 6.61 Å². The first kappa shape index (κ1) is 15.4. The summed E-state index contributed by atoms with van der Waals surface area (Å²) in [6.07, 6.45) is 2.77. The normalized spacial score (nSPS) is 11.2. The second-order valence-electron chi connectivity index (χ2n) is 5.22. The van der Waals surface area contributed by atoms with E-state index in [-0.39, 0.29) is 6.09 Å². The van der Waals surface area contributed by atoms with Crippen LogP contribution in [0.3, 0.4) is 0 Å². The third-order valence-corrected chi connectivity index (χ3v) is 3.94. The molecule has 1 amide bonds. The van der Waals surface area contributed by atoms with Gasteiger partial charge in [-0.1, -0.05) is 26.1 Å². The molecule has 0 atom stereocenters. The molecule has 0 bridgehead atoms. The Labute approximate surface area is 99.9 Å². The van der Waals surface area contributed by atoms with E-state index in [1.165, 1.54) is 0 Å². The summed E-state index contributed by atoms with van der Waals surface area (Å²) in [5.41, 5.74) is 5.37. The number of hydrogen-bond donors (Lipinski definition) is 2. The van der Waals surface area contributed by atoms with Crippen LogP contribution in [0.4, 0.5) is 4.79 Å². The molecule has 4 nitrogen and oxygen atoms in total. The fourth-order valence-electron chi connectivity index (χ4n) is 1.14. The standard InChI is InChI=1S/C11H26N2O2Si/c1-16(2,3)10-9-15-11(14)13-8-6-4-5-7-12/h4-10,12H2,1-3H3,(H,13,14). The summed E-state index contributed by atoms with van der Waals surface area (Å²) in [4.78, 5) is 11.2. The van der Waals surface area contributed by atoms with Crippen LogP contribution in [0, 0.1) is 0 Å². The molecule has 0 rings (SSSR count). The molecule has 0 aromatic carbocycles. The first-order valence-corrected chi connectivity index (χ1v) is 9.77. The Bertz CT molecular complexity index is 193. The number of hydrogen-bond acceptors (Lipinski definition) is 3. The van der Waals surface area contributed by atoms with Crippen molar-refractivity contribution in [2.45, 2.75) is 44.9 Å². The van der Waals surface area contributed by atoms with E-state index in [1.54, 1.807) is 0 Å². The van der Waals surface area contributed by atoms with E-state index in [4.69, 9.17) is 10.5 Å². The van der Waals surface area contributed by atoms with E-state index >= 15 is 0 Å². The summed E-state index contributed by atoms with van der Waals surface area (Å²) in [6, 6.07) is 1.02. The van der Waals surface area contributed by atoms with Crippen LogP contribution in [-0.2, 0) is 4.74 Å². The lowest BCUT2D eigenvalue weighted by Gasteiger charge is -2.15. The molecule has 16 heavy (non-hydrogen) atoms. The maximum atomic E-state index is 11.2. The maximum absolute atomic E-state index is 11.2. The van der Waals surface area contributed by atoms with E-state index in [9.17, 15) is 4.79 Å². The quantitative estimate of drug-likeness (QED) is 0.509. The van der Waals surface area contributed by atoms with Crippen LogP contribution in [-0.4, -0.2) is 33.9 Å². The van der Waals surface area contributed by atoms with Crippen molar-refractivity contribution in [2.24, 2.45) is 5.73 Å². The summed E-state index contributed by atoms with van der Waals surface area (Å²) in [5.74, 6) is 0. The highest BCUT2D eigenvalue weighted by molar-refractivity contribution is 6.76. The topological polar surface area (TPSA) is 64.3 Å². The van der Waals surface area contributed by atoms with Gasteiger partial charge in [0.2, 0.25) is 0 Å². The van der Waals surface area contributed by atoms with E-state index in [0.29, 0.717) is 13.2 Å². The lowest BCUT2D eigenvalue weighted by Crippen LogP contribution is -2.28. The van der Waals surface area contributed by atoms with Crippen LogP contribution in [0.15, 0.2) is 0 Å². The van der Waals surface area contributed by atoms with Gasteiger partial charge >= 0.3 is 6.09 Å². The molecule has 0 aromatic heterocycles. The third-order valence-electron chi connectivity index (χ3n) is 2.24. The minimum atomic E-state index is -1.09. The molecule has 5 heteroatoms. The summed E-state index contributed by atoms with van der Waals surface area (Å²) in [7, 11) is -1.09. The Morgan fingerprint density at radius 2 is 1.94 bits per heavy atom. The summed E-state index contributed by atoms with van der Waals surface area (Å²) in [6.45, 7) is 8.75. The van der Waals surface area contributed by atoms with Gasteiger partial charge in [0.15, 0.2) is 0 Å². The Morgan fingerprint density at radius 3 is 2.50 bits per heavy atom. The number of carbonyl (C=O) groups is 1. The molecule has 0 aliphatic carbocycles. The minimum absolute atomic E-state index is 0.286. The highest BCUT2D eigenvalue weighted by Gasteiger charge is 2.13. The monoisotopic (exact) mass is 246 g/mol. The zero-order chi connectivity index (χ0) is 12.4. The first-order valence-electron chi connectivity index (χ1n) is 6.06. The molecule has 0 aromatic rings. The molecule has 96 valence electrons. The number of amides is 1. The molecular formula is C11H26N2O2Si. The first-order chi connectivity index (χ1) is 7.45. The Balaban J connectivity index is 3.32. The highest BCUT2D eigenvalue weighted by atomic mass is 28.3. The van der Waals surface area contributed by atoms with Crippen molar-refractivity contribution < 1.29 is 9.53 Å². The fraction of sp³-hybridized carbons (Fsp3) is 0.909. The number of nitrogens with one attached hydrogen (secondary N) is 1. The van der Waals surface area contributed by atoms with Gasteiger partial charge in [0, 0.05) is 14.6 Å². The van der Waals surface area contributed by atoms with Crippen LogP contribution in [0.5, 0.6) is 0 Å². The van der Waals surface area contributed by atoms with Crippen molar-refractivity contribution >= 4 is 14.2 Å². The van der Waals surface area contributed by atoms with Crippen molar-refractivity contribution in [1.29, 1.82) is 0 Å². The highest BCUT2D eigenvalue weighted by Crippen LogP contribution is 2.07. The van der Waals surface area contributed by atoms with Crippen LogP contribution < -0.4 is 11.1 Å². The molecule has 0 radical (unpaired) electrons. The van der Waals surface area contributed by atoms with Crippen LogP contribution in [0.25, 0.3) is 0 Å². The van der Waals surface area contributed by atoms with Gasteiger partial charge in [-0.15, -0.1) is 0 Å². The van der Waals surface area contributed by atoms with E-state index < -0.39 is 8.07 Å². The number of carbonyl (C=O) groups excluding carboxylic acids is 1. The van der Waals surface area contributed by atoms with E-state index in [2.05, 4.69) is 25.0 Å². The SMILES string of the molecule is C[Si](C)(C)CCOC(=O)NCCCCCN. The molecule has 0 fully saturated rings. The second-order valence-corrected chi connectivity index (χ2v) is 10.8. The third kappa shape index (κ3) is 11.5. The lowest BCUT2D eigenvalue weighted by atomic mass is 10.2. The number of alkyl carbamates (subject to hydrolysis) is 1. The average Bonchev–Trinajstić information content (AvgIpc) is 2.15. The molecule has 3 N–H and O–H groups in total. The molecule has 0 unspecified atom stereocenters. The molecule has 0 spiro atoms. The van der Waals surface area contributed by atoms with E-state index in [0.717, 1.165) is 31.9 Å². The number of nitrogens with two attached hydrogens (primary N) is 1. The van der Waals surface area contributed by atoms with Gasteiger partial charge in [-0.3, -0.25) is 0 Å². The van der Waals surface area contributed by atoms with Crippen molar-refractivity contribution in [1.82, 2.24) is 5.32 Å².